The highest BCUT2D eigenvalue weighted by atomic mass is 16.8. The fraction of sp³-hybridized carbons (Fsp3) is 0.919. The normalized spacial score (nSPS) is 53.3. The third-order valence-electron chi connectivity index (χ3n) is 14.2. The summed E-state index contributed by atoms with van der Waals surface area (Å²) in [5.74, 6) is -8.11. The Morgan fingerprint density at radius 1 is 0.807 bits per heavy atom. The molecule has 0 aromatic heterocycles. The van der Waals surface area contributed by atoms with E-state index in [4.69, 9.17) is 29.4 Å². The zero-order valence-electron chi connectivity index (χ0n) is 31.6. The van der Waals surface area contributed by atoms with Crippen LogP contribution in [0.2, 0.25) is 0 Å². The lowest BCUT2D eigenvalue weighted by molar-refractivity contribution is -0.712. The van der Waals surface area contributed by atoms with Gasteiger partial charge in [0.2, 0.25) is 6.29 Å². The minimum Gasteiger partial charge on any atom is -0.547 e. The Hall–Kier alpha value is -1.99. The summed E-state index contributed by atoms with van der Waals surface area (Å²) >= 11 is 0. The molecule has 7 fully saturated rings. The van der Waals surface area contributed by atoms with Crippen molar-refractivity contribution >= 4 is 17.7 Å². The second kappa shape index (κ2) is 16.8. The van der Waals surface area contributed by atoms with E-state index in [1.807, 2.05) is 12.2 Å². The molecule has 2 saturated carbocycles. The predicted octanol–water partition coefficient (Wildman–Crippen LogP) is -6.80. The van der Waals surface area contributed by atoms with E-state index < -0.39 is 121 Å². The molecule has 7 rings (SSSR count). The number of piperidine rings is 1. The zero-order chi connectivity index (χ0) is 41.2. The largest absolute Gasteiger partial charge is 0.547 e. The molecule has 0 aromatic carbocycles. The minimum absolute atomic E-state index is 0.0113. The van der Waals surface area contributed by atoms with Gasteiger partial charge in [0.25, 0.3) is 0 Å². The number of ether oxygens (including phenoxy) is 5. The van der Waals surface area contributed by atoms with Gasteiger partial charge in [-0.15, -0.1) is 0 Å². The number of carboxylic acids is 1. The van der Waals surface area contributed by atoms with E-state index in [-0.39, 0.29) is 67.7 Å². The summed E-state index contributed by atoms with van der Waals surface area (Å²) in [6.45, 7) is 2.62. The van der Waals surface area contributed by atoms with Gasteiger partial charge in [-0.2, -0.15) is 0 Å². The number of aliphatic hydroxyl groups is 9. The number of aliphatic carboxylic acids is 1. The Morgan fingerprint density at radius 2 is 1.53 bits per heavy atom. The van der Waals surface area contributed by atoms with Gasteiger partial charge in [-0.3, -0.25) is 10.5 Å². The molecule has 0 amide bonds. The van der Waals surface area contributed by atoms with Crippen LogP contribution in [0.3, 0.4) is 0 Å². The number of nitrogens with two attached hydrogens (primary N) is 2. The van der Waals surface area contributed by atoms with Gasteiger partial charge in [-0.1, -0.05) is 6.92 Å². The fourth-order valence-corrected chi connectivity index (χ4v) is 11.0. The van der Waals surface area contributed by atoms with Crippen LogP contribution in [0.15, 0.2) is 0 Å². The number of carbonyl (C=O) groups excluding carboxylic acids is 3. The van der Waals surface area contributed by atoms with Crippen LogP contribution in [-0.4, -0.2) is 174 Å². The monoisotopic (exact) mass is 818 g/mol. The zero-order valence-corrected chi connectivity index (χ0v) is 31.6. The highest BCUT2D eigenvalue weighted by molar-refractivity contribution is 5.83. The summed E-state index contributed by atoms with van der Waals surface area (Å²) in [7, 11) is 0. The number of aliphatic hydroxyl groups excluding tert-OH is 9. The van der Waals surface area contributed by atoms with Crippen molar-refractivity contribution in [1.29, 1.82) is 0 Å². The highest BCUT2D eigenvalue weighted by Crippen LogP contribution is 2.52. The Labute approximate surface area is 328 Å². The number of ketones is 1. The maximum atomic E-state index is 14.0. The topological polar surface area (TPSA) is 345 Å². The molecule has 5 aliphatic heterocycles. The number of carbonyl (C=O) groups is 3. The van der Waals surface area contributed by atoms with Crippen molar-refractivity contribution in [3.63, 3.8) is 0 Å². The molecule has 2 aliphatic carbocycles. The van der Waals surface area contributed by atoms with Gasteiger partial charge >= 0.3 is 5.97 Å². The fourth-order valence-electron chi connectivity index (χ4n) is 11.0. The van der Waals surface area contributed by atoms with Crippen molar-refractivity contribution in [2.45, 2.75) is 168 Å². The van der Waals surface area contributed by atoms with Gasteiger partial charge in [0.05, 0.1) is 55.1 Å². The average molecular weight is 819 g/mol. The second-order valence-electron chi connectivity index (χ2n) is 17.4. The van der Waals surface area contributed by atoms with Crippen LogP contribution >= 0.6 is 0 Å². The van der Waals surface area contributed by atoms with Crippen LogP contribution in [-0.2, 0) is 38.1 Å². The van der Waals surface area contributed by atoms with Crippen molar-refractivity contribution in [1.82, 2.24) is 0 Å². The molecule has 5 saturated heterocycles. The van der Waals surface area contributed by atoms with Crippen LogP contribution in [0.1, 0.15) is 64.7 Å². The number of carboxylic acid groups (broad SMARTS) is 1. The van der Waals surface area contributed by atoms with Gasteiger partial charge in [-0.05, 0) is 50.4 Å². The number of hydrogen-bond acceptors (Lipinski definition) is 19. The summed E-state index contributed by atoms with van der Waals surface area (Å²) in [4.78, 5) is 39.1. The molecule has 20 nitrogen and oxygen atoms in total. The molecule has 324 valence electrons. The molecule has 0 bridgehead atoms. The summed E-state index contributed by atoms with van der Waals surface area (Å²) < 4.78 is 29.5. The molecular weight excluding hydrogens is 760 g/mol. The number of fused-ring (bicyclic) bond motifs is 2. The molecule has 0 radical (unpaired) electrons. The van der Waals surface area contributed by atoms with Crippen LogP contribution in [0.5, 0.6) is 0 Å². The van der Waals surface area contributed by atoms with E-state index in [1.54, 1.807) is 0 Å². The molecule has 7 aliphatic rings. The first-order valence-electron chi connectivity index (χ1n) is 20.3. The van der Waals surface area contributed by atoms with E-state index in [0.29, 0.717) is 25.8 Å². The Kier molecular flexibility index (Phi) is 12.7. The lowest BCUT2D eigenvalue weighted by Gasteiger charge is -2.53. The summed E-state index contributed by atoms with van der Waals surface area (Å²) in [5.41, 5.74) is 6.43. The number of hydrogen-bond donors (Lipinski definition) is 11. The smallest absolute Gasteiger partial charge is 0.340 e. The highest BCUT2D eigenvalue weighted by Gasteiger charge is 2.64. The molecule has 1 spiro atoms. The maximum Gasteiger partial charge on any atom is 0.340 e. The molecular formula is C37H58N2O18. The lowest BCUT2D eigenvalue weighted by Crippen LogP contribution is -2.97. The molecule has 5 heterocycles. The maximum absolute atomic E-state index is 14.0. The number of quaternary nitrogens is 1. The van der Waals surface area contributed by atoms with Crippen LogP contribution in [0, 0.1) is 35.5 Å². The summed E-state index contributed by atoms with van der Waals surface area (Å²) in [6, 6.07) is 0. The second-order valence-corrected chi connectivity index (χ2v) is 17.4. The van der Waals surface area contributed by atoms with Gasteiger partial charge in [-0.25, -0.2) is 4.79 Å². The van der Waals surface area contributed by atoms with Gasteiger partial charge in [0.1, 0.15) is 54.7 Å². The molecule has 20 heteroatoms. The number of rotatable bonds is 6. The third kappa shape index (κ3) is 7.90. The Morgan fingerprint density at radius 3 is 2.21 bits per heavy atom. The average Bonchev–Trinajstić information content (AvgIpc) is 3.34. The van der Waals surface area contributed by atoms with Gasteiger partial charge < -0.3 is 84.9 Å². The summed E-state index contributed by atoms with van der Waals surface area (Å²) in [5, 5.41) is 111. The first-order valence-corrected chi connectivity index (χ1v) is 20.3. The quantitative estimate of drug-likeness (QED) is 0.111. The lowest BCUT2D eigenvalue weighted by atomic mass is 9.62. The van der Waals surface area contributed by atoms with Gasteiger partial charge in [0.15, 0.2) is 11.9 Å². The van der Waals surface area contributed by atoms with Crippen molar-refractivity contribution in [3.8, 4) is 0 Å². The SMILES string of the molecule is CCC1CC([C@H]2CC[C@@]3(OC4CC5OC(C6CCC(O)C(O)C6)CC(=O)C5C(O)C42)O[C@H](C(=O)O[C@@H]2O[C@H](C(=O)[O-])[C@@H](O)[C@H](O)[C@H]2O)[C@@H](O)[C@H](O)[C@H]3O)C[NH2+]C1N. The third-order valence-corrected chi connectivity index (χ3v) is 14.2. The van der Waals surface area contributed by atoms with Crippen molar-refractivity contribution in [2.75, 3.05) is 6.54 Å². The Balaban J connectivity index is 1.18. The minimum atomic E-state index is -2.23. The molecule has 57 heavy (non-hydrogen) atoms. The van der Waals surface area contributed by atoms with Crippen molar-refractivity contribution in [2.24, 2.45) is 41.2 Å². The molecule has 23 atom stereocenters. The standard InChI is InChI=1S/C37H58N2O18/c1-2-12-7-14(11-39-33(12)38)15-5-6-37(32(49)28(47)27(46)31(57-37)35(52)55-36-29(48)25(44)26(45)30(54-36)34(50)51)56-21-10-20-23(24(43)22(15)21)18(42)9-19(53-20)13-3-4-16(40)17(41)8-13/h12-17,19-33,36,39-41,43-49H,2-11,38H2,1H3,(H,50,51)/t12?,13?,14?,15-,16?,17?,19?,20?,21?,22?,23?,24?,25+,26+,27+,28+,29-,30+,31+,32-,33?,36+,37-/m1/s1. The predicted molar refractivity (Wildman–Crippen MR) is 183 cm³/mol. The van der Waals surface area contributed by atoms with Crippen molar-refractivity contribution < 1.29 is 94.4 Å². The van der Waals surface area contributed by atoms with Gasteiger partial charge in [0, 0.05) is 37.0 Å². The first-order chi connectivity index (χ1) is 27.0. The van der Waals surface area contributed by atoms with E-state index in [0.717, 1.165) is 6.42 Å². The van der Waals surface area contributed by atoms with Crippen LogP contribution < -0.4 is 16.2 Å². The molecule has 12 unspecified atom stereocenters. The Bertz CT molecular complexity index is 1480. The van der Waals surface area contributed by atoms with E-state index >= 15 is 0 Å². The van der Waals surface area contributed by atoms with E-state index in [2.05, 4.69) is 0 Å². The summed E-state index contributed by atoms with van der Waals surface area (Å²) in [6.07, 6.45) is -22.4. The van der Waals surface area contributed by atoms with Crippen LogP contribution in [0.25, 0.3) is 0 Å². The number of Topliss-reactive ketones (excluding diaryl/α,β-unsaturated/α-hetero) is 1. The van der Waals surface area contributed by atoms with Crippen molar-refractivity contribution in [3.05, 3.63) is 0 Å². The van der Waals surface area contributed by atoms with E-state index in [9.17, 15) is 65.4 Å². The van der Waals surface area contributed by atoms with E-state index in [1.165, 1.54) is 0 Å². The molecule has 0 aromatic rings. The first kappa shape index (κ1) is 43.1. The van der Waals surface area contributed by atoms with Crippen LogP contribution in [0.4, 0.5) is 0 Å². The number of esters is 1. The molecule has 13 N–H and O–H groups in total.